The monoisotopic (exact) mass is 355 g/mol. The van der Waals surface area contributed by atoms with Gasteiger partial charge in [0, 0.05) is 39.8 Å². The van der Waals surface area contributed by atoms with Crippen LogP contribution in [0, 0.1) is 0 Å². The zero-order chi connectivity index (χ0) is 18.4. The number of anilines is 2. The summed E-state index contributed by atoms with van der Waals surface area (Å²) in [5.41, 5.74) is 1.64. The highest BCUT2D eigenvalue weighted by atomic mass is 16.5. The van der Waals surface area contributed by atoms with Crippen molar-refractivity contribution in [2.75, 3.05) is 56.7 Å². The SMILES string of the molecule is CNC(=O)c1cc(N2CCOCC2)nc(N(C)CCc2ccccc2)n1. The Morgan fingerprint density at radius 1 is 1.23 bits per heavy atom. The first kappa shape index (κ1) is 18.1. The molecule has 1 saturated heterocycles. The molecule has 7 heteroatoms. The molecular formula is C19H25N5O2. The number of carbonyl (C=O) groups is 1. The minimum absolute atomic E-state index is 0.209. The van der Waals surface area contributed by atoms with Gasteiger partial charge < -0.3 is 19.9 Å². The second kappa shape index (κ2) is 8.62. The molecule has 0 spiro atoms. The topological polar surface area (TPSA) is 70.6 Å². The van der Waals surface area contributed by atoms with Gasteiger partial charge in [-0.1, -0.05) is 30.3 Å². The van der Waals surface area contributed by atoms with Crippen molar-refractivity contribution in [2.45, 2.75) is 6.42 Å². The summed E-state index contributed by atoms with van der Waals surface area (Å²) >= 11 is 0. The molecule has 138 valence electrons. The van der Waals surface area contributed by atoms with E-state index in [-0.39, 0.29) is 5.91 Å². The quantitative estimate of drug-likeness (QED) is 0.844. The Morgan fingerprint density at radius 2 is 1.96 bits per heavy atom. The fourth-order valence-corrected chi connectivity index (χ4v) is 2.83. The van der Waals surface area contributed by atoms with Gasteiger partial charge in [-0.2, -0.15) is 4.98 Å². The van der Waals surface area contributed by atoms with Crippen LogP contribution in [-0.2, 0) is 11.2 Å². The lowest BCUT2D eigenvalue weighted by Crippen LogP contribution is -2.37. The highest BCUT2D eigenvalue weighted by Crippen LogP contribution is 2.19. The normalized spacial score (nSPS) is 14.2. The Hall–Kier alpha value is -2.67. The van der Waals surface area contributed by atoms with Crippen molar-refractivity contribution in [3.63, 3.8) is 0 Å². The van der Waals surface area contributed by atoms with Crippen molar-refractivity contribution in [3.8, 4) is 0 Å². The van der Waals surface area contributed by atoms with Gasteiger partial charge in [-0.25, -0.2) is 4.98 Å². The van der Waals surface area contributed by atoms with E-state index in [9.17, 15) is 4.79 Å². The summed E-state index contributed by atoms with van der Waals surface area (Å²) in [7, 11) is 3.56. The van der Waals surface area contributed by atoms with E-state index >= 15 is 0 Å². The van der Waals surface area contributed by atoms with Crippen LogP contribution in [0.25, 0.3) is 0 Å². The van der Waals surface area contributed by atoms with Gasteiger partial charge in [0.25, 0.3) is 5.91 Å². The fraction of sp³-hybridized carbons (Fsp3) is 0.421. The zero-order valence-corrected chi connectivity index (χ0v) is 15.3. The Kier molecular flexibility index (Phi) is 6.01. The number of carbonyl (C=O) groups excluding carboxylic acids is 1. The number of nitrogens with one attached hydrogen (secondary N) is 1. The fourth-order valence-electron chi connectivity index (χ4n) is 2.83. The lowest BCUT2D eigenvalue weighted by molar-refractivity contribution is 0.0958. The number of ether oxygens (including phenoxy) is 1. The van der Waals surface area contributed by atoms with Gasteiger partial charge in [0.1, 0.15) is 11.5 Å². The molecule has 2 heterocycles. The van der Waals surface area contributed by atoms with E-state index < -0.39 is 0 Å². The third-order valence-electron chi connectivity index (χ3n) is 4.42. The largest absolute Gasteiger partial charge is 0.378 e. The second-order valence-corrected chi connectivity index (χ2v) is 6.25. The van der Waals surface area contributed by atoms with Crippen molar-refractivity contribution in [2.24, 2.45) is 0 Å². The molecular weight excluding hydrogens is 330 g/mol. The Morgan fingerprint density at radius 3 is 2.65 bits per heavy atom. The molecule has 0 aliphatic carbocycles. The Labute approximate surface area is 154 Å². The van der Waals surface area contributed by atoms with Crippen molar-refractivity contribution in [1.82, 2.24) is 15.3 Å². The molecule has 0 unspecified atom stereocenters. The first-order chi connectivity index (χ1) is 12.7. The molecule has 1 N–H and O–H groups in total. The highest BCUT2D eigenvalue weighted by molar-refractivity contribution is 5.93. The number of nitrogens with zero attached hydrogens (tertiary/aromatic N) is 4. The molecule has 1 fully saturated rings. The molecule has 0 saturated carbocycles. The molecule has 0 bridgehead atoms. The molecule has 3 rings (SSSR count). The van der Waals surface area contributed by atoms with E-state index in [0.717, 1.165) is 31.9 Å². The number of morpholine rings is 1. The maximum Gasteiger partial charge on any atom is 0.269 e. The average molecular weight is 355 g/mol. The summed E-state index contributed by atoms with van der Waals surface area (Å²) in [5, 5.41) is 2.64. The van der Waals surface area contributed by atoms with Crippen molar-refractivity contribution >= 4 is 17.7 Å². The molecule has 1 aromatic carbocycles. The maximum atomic E-state index is 12.1. The van der Waals surface area contributed by atoms with Gasteiger partial charge >= 0.3 is 0 Å². The van der Waals surface area contributed by atoms with Crippen LogP contribution >= 0.6 is 0 Å². The van der Waals surface area contributed by atoms with Crippen molar-refractivity contribution in [3.05, 3.63) is 47.7 Å². The van der Waals surface area contributed by atoms with Crippen molar-refractivity contribution in [1.29, 1.82) is 0 Å². The van der Waals surface area contributed by atoms with Crippen LogP contribution in [0.2, 0.25) is 0 Å². The summed E-state index contributed by atoms with van der Waals surface area (Å²) in [6, 6.07) is 12.0. The summed E-state index contributed by atoms with van der Waals surface area (Å²) in [5.74, 6) is 1.12. The standard InChI is InChI=1S/C19H25N5O2/c1-20-18(25)16-14-17(24-10-12-26-13-11-24)22-19(21-16)23(2)9-8-15-6-4-3-5-7-15/h3-7,14H,8-13H2,1-2H3,(H,20,25). The third-order valence-corrected chi connectivity index (χ3v) is 4.42. The highest BCUT2D eigenvalue weighted by Gasteiger charge is 2.18. The summed E-state index contributed by atoms with van der Waals surface area (Å²) in [4.78, 5) is 25.4. The lowest BCUT2D eigenvalue weighted by Gasteiger charge is -2.29. The van der Waals surface area contributed by atoms with Crippen LogP contribution in [0.1, 0.15) is 16.1 Å². The summed E-state index contributed by atoms with van der Waals surface area (Å²) < 4.78 is 5.41. The molecule has 26 heavy (non-hydrogen) atoms. The number of rotatable bonds is 6. The minimum atomic E-state index is -0.209. The number of amides is 1. The zero-order valence-electron chi connectivity index (χ0n) is 15.3. The first-order valence-electron chi connectivity index (χ1n) is 8.86. The molecule has 1 aliphatic rings. The number of hydrogen-bond acceptors (Lipinski definition) is 6. The summed E-state index contributed by atoms with van der Waals surface area (Å²) in [6.45, 7) is 3.62. The lowest BCUT2D eigenvalue weighted by atomic mass is 10.1. The molecule has 2 aromatic rings. The number of benzene rings is 1. The number of hydrogen-bond donors (Lipinski definition) is 1. The second-order valence-electron chi connectivity index (χ2n) is 6.25. The molecule has 0 atom stereocenters. The predicted molar refractivity (Wildman–Crippen MR) is 102 cm³/mol. The Bertz CT molecular complexity index is 732. The summed E-state index contributed by atoms with van der Waals surface area (Å²) in [6.07, 6.45) is 0.887. The smallest absolute Gasteiger partial charge is 0.269 e. The van der Waals surface area contributed by atoms with Gasteiger partial charge in [-0.15, -0.1) is 0 Å². The van der Waals surface area contributed by atoms with Crippen LogP contribution in [-0.4, -0.2) is 62.8 Å². The van der Waals surface area contributed by atoms with Crippen LogP contribution < -0.4 is 15.1 Å². The maximum absolute atomic E-state index is 12.1. The first-order valence-corrected chi connectivity index (χ1v) is 8.86. The van der Waals surface area contributed by atoms with E-state index in [1.54, 1.807) is 13.1 Å². The van der Waals surface area contributed by atoms with Crippen LogP contribution in [0.5, 0.6) is 0 Å². The number of aromatic nitrogens is 2. The van der Waals surface area contributed by atoms with E-state index in [2.05, 4.69) is 27.3 Å². The molecule has 1 aliphatic heterocycles. The van der Waals surface area contributed by atoms with Crippen molar-refractivity contribution < 1.29 is 9.53 Å². The molecule has 7 nitrogen and oxygen atoms in total. The van der Waals surface area contributed by atoms with E-state index in [0.29, 0.717) is 24.9 Å². The van der Waals surface area contributed by atoms with Gasteiger partial charge in [0.2, 0.25) is 5.95 Å². The Balaban J connectivity index is 1.80. The number of likely N-dealkylation sites (N-methyl/N-ethyl adjacent to an activating group) is 1. The molecule has 1 amide bonds. The van der Waals surface area contributed by atoms with Gasteiger partial charge in [0.05, 0.1) is 13.2 Å². The van der Waals surface area contributed by atoms with Gasteiger partial charge in [-0.3, -0.25) is 4.79 Å². The van der Waals surface area contributed by atoms with E-state index in [1.807, 2.05) is 30.1 Å². The third kappa shape index (κ3) is 4.49. The van der Waals surface area contributed by atoms with Crippen LogP contribution in [0.15, 0.2) is 36.4 Å². The molecule has 1 aromatic heterocycles. The van der Waals surface area contributed by atoms with E-state index in [4.69, 9.17) is 9.72 Å². The molecule has 0 radical (unpaired) electrons. The van der Waals surface area contributed by atoms with Gasteiger partial charge in [0.15, 0.2) is 0 Å². The van der Waals surface area contributed by atoms with Crippen LogP contribution in [0.4, 0.5) is 11.8 Å². The minimum Gasteiger partial charge on any atom is -0.378 e. The predicted octanol–water partition coefficient (Wildman–Crippen LogP) is 1.35. The van der Waals surface area contributed by atoms with Crippen LogP contribution in [0.3, 0.4) is 0 Å². The van der Waals surface area contributed by atoms with E-state index in [1.165, 1.54) is 5.56 Å². The van der Waals surface area contributed by atoms with Gasteiger partial charge in [-0.05, 0) is 12.0 Å². The average Bonchev–Trinajstić information content (AvgIpc) is 2.72.